The van der Waals surface area contributed by atoms with Gasteiger partial charge in [0.05, 0.1) is 7.11 Å². The van der Waals surface area contributed by atoms with Crippen LogP contribution in [0.4, 0.5) is 4.79 Å². The molecule has 0 unspecified atom stereocenters. The van der Waals surface area contributed by atoms with E-state index < -0.39 is 5.97 Å². The van der Waals surface area contributed by atoms with Crippen molar-refractivity contribution in [2.45, 2.75) is 45.2 Å². The number of rotatable bonds is 5. The number of carbonyl (C=O) groups excluding carboxylic acids is 1. The Kier molecular flexibility index (Phi) is 5.84. The third kappa shape index (κ3) is 4.61. The predicted octanol–water partition coefficient (Wildman–Crippen LogP) is 2.77. The van der Waals surface area contributed by atoms with E-state index in [-0.39, 0.29) is 24.2 Å². The molecule has 126 valence electrons. The fourth-order valence-electron chi connectivity index (χ4n) is 2.96. The van der Waals surface area contributed by atoms with E-state index >= 15 is 0 Å². The number of amides is 2. The third-order valence-corrected chi connectivity index (χ3v) is 4.38. The van der Waals surface area contributed by atoms with E-state index in [2.05, 4.69) is 17.6 Å². The summed E-state index contributed by atoms with van der Waals surface area (Å²) < 4.78 is 5.02. The highest BCUT2D eigenvalue weighted by Crippen LogP contribution is 2.23. The number of ether oxygens (including phenoxy) is 1. The van der Waals surface area contributed by atoms with Crippen molar-refractivity contribution in [2.75, 3.05) is 7.11 Å². The number of benzene rings is 1. The minimum atomic E-state index is -1.05. The normalized spacial score (nSPS) is 20.6. The zero-order valence-corrected chi connectivity index (χ0v) is 13.6. The second kappa shape index (κ2) is 7.85. The molecular formula is C17H24N2O4. The SMILES string of the molecule is COc1ccc(CNC(=O)N[C@H]2CCCC[C@H]2C)cc1C(=O)O. The first-order valence-electron chi connectivity index (χ1n) is 7.96. The van der Waals surface area contributed by atoms with Gasteiger partial charge in [0.1, 0.15) is 11.3 Å². The monoisotopic (exact) mass is 320 g/mol. The van der Waals surface area contributed by atoms with E-state index in [1.807, 2.05) is 0 Å². The minimum absolute atomic E-state index is 0.0908. The average molecular weight is 320 g/mol. The molecule has 1 aromatic rings. The molecule has 1 saturated carbocycles. The van der Waals surface area contributed by atoms with E-state index in [0.717, 1.165) is 24.8 Å². The maximum absolute atomic E-state index is 12.0. The summed E-state index contributed by atoms with van der Waals surface area (Å²) in [6.45, 7) is 2.43. The molecule has 0 aromatic heterocycles. The lowest BCUT2D eigenvalue weighted by atomic mass is 9.86. The van der Waals surface area contributed by atoms with Gasteiger partial charge in [0.15, 0.2) is 0 Å². The van der Waals surface area contributed by atoms with Crippen molar-refractivity contribution in [2.24, 2.45) is 5.92 Å². The van der Waals surface area contributed by atoms with Crippen LogP contribution in [0, 0.1) is 5.92 Å². The van der Waals surface area contributed by atoms with Gasteiger partial charge in [-0.05, 0) is 36.5 Å². The Morgan fingerprint density at radius 2 is 2.04 bits per heavy atom. The first-order valence-corrected chi connectivity index (χ1v) is 7.96. The molecule has 23 heavy (non-hydrogen) atoms. The zero-order chi connectivity index (χ0) is 16.8. The Morgan fingerprint density at radius 3 is 2.70 bits per heavy atom. The molecular weight excluding hydrogens is 296 g/mol. The first kappa shape index (κ1) is 17.1. The number of carboxylic acids is 1. The molecule has 2 rings (SSSR count). The van der Waals surface area contributed by atoms with Crippen molar-refractivity contribution in [3.8, 4) is 5.75 Å². The number of urea groups is 1. The van der Waals surface area contributed by atoms with Gasteiger partial charge in [-0.1, -0.05) is 25.8 Å². The fraction of sp³-hybridized carbons (Fsp3) is 0.529. The lowest BCUT2D eigenvalue weighted by Gasteiger charge is -2.29. The molecule has 0 bridgehead atoms. The lowest BCUT2D eigenvalue weighted by molar-refractivity contribution is 0.0693. The van der Waals surface area contributed by atoms with Crippen LogP contribution < -0.4 is 15.4 Å². The zero-order valence-electron chi connectivity index (χ0n) is 13.6. The van der Waals surface area contributed by atoms with Gasteiger partial charge in [-0.25, -0.2) is 9.59 Å². The van der Waals surface area contributed by atoms with Crippen LogP contribution in [0.15, 0.2) is 18.2 Å². The van der Waals surface area contributed by atoms with Gasteiger partial charge in [0.25, 0.3) is 0 Å². The Hall–Kier alpha value is -2.24. The second-order valence-corrected chi connectivity index (χ2v) is 6.04. The van der Waals surface area contributed by atoms with Crippen LogP contribution >= 0.6 is 0 Å². The van der Waals surface area contributed by atoms with Gasteiger partial charge in [0.2, 0.25) is 0 Å². The maximum atomic E-state index is 12.0. The standard InChI is InChI=1S/C17H24N2O4/c1-11-5-3-4-6-14(11)19-17(22)18-10-12-7-8-15(23-2)13(9-12)16(20)21/h7-9,11,14H,3-6,10H2,1-2H3,(H,20,21)(H2,18,19,22)/t11-,14+/m1/s1. The predicted molar refractivity (Wildman–Crippen MR) is 86.7 cm³/mol. The largest absolute Gasteiger partial charge is 0.496 e. The average Bonchev–Trinajstić information content (AvgIpc) is 2.54. The van der Waals surface area contributed by atoms with E-state index in [0.29, 0.717) is 11.7 Å². The summed E-state index contributed by atoms with van der Waals surface area (Å²) in [5.74, 6) is -0.250. The Morgan fingerprint density at radius 1 is 1.30 bits per heavy atom. The van der Waals surface area contributed by atoms with Gasteiger partial charge in [0, 0.05) is 12.6 Å². The number of methoxy groups -OCH3 is 1. The number of aromatic carboxylic acids is 1. The summed E-state index contributed by atoms with van der Waals surface area (Å²) in [5.41, 5.74) is 0.808. The number of nitrogens with one attached hydrogen (secondary N) is 2. The third-order valence-electron chi connectivity index (χ3n) is 4.38. The molecule has 0 aliphatic heterocycles. The quantitative estimate of drug-likeness (QED) is 0.778. The molecule has 1 fully saturated rings. The van der Waals surface area contributed by atoms with Crippen molar-refractivity contribution in [3.63, 3.8) is 0 Å². The van der Waals surface area contributed by atoms with E-state index in [1.165, 1.54) is 19.6 Å². The van der Waals surface area contributed by atoms with Crippen LogP contribution in [0.25, 0.3) is 0 Å². The van der Waals surface area contributed by atoms with Crippen LogP contribution in [-0.4, -0.2) is 30.3 Å². The number of carboxylic acid groups (broad SMARTS) is 1. The highest BCUT2D eigenvalue weighted by atomic mass is 16.5. The lowest BCUT2D eigenvalue weighted by Crippen LogP contribution is -2.45. The second-order valence-electron chi connectivity index (χ2n) is 6.04. The molecule has 2 amide bonds. The van der Waals surface area contributed by atoms with Gasteiger partial charge in [-0.15, -0.1) is 0 Å². The molecule has 1 aliphatic rings. The topological polar surface area (TPSA) is 87.7 Å². The Labute approximate surface area is 136 Å². The first-order chi connectivity index (χ1) is 11.0. The molecule has 2 atom stereocenters. The maximum Gasteiger partial charge on any atom is 0.339 e. The fourth-order valence-corrected chi connectivity index (χ4v) is 2.96. The molecule has 6 nitrogen and oxygen atoms in total. The van der Waals surface area contributed by atoms with Gasteiger partial charge in [-0.2, -0.15) is 0 Å². The molecule has 1 aliphatic carbocycles. The Balaban J connectivity index is 1.91. The smallest absolute Gasteiger partial charge is 0.339 e. The van der Waals surface area contributed by atoms with E-state index in [1.54, 1.807) is 12.1 Å². The van der Waals surface area contributed by atoms with Crippen molar-refractivity contribution >= 4 is 12.0 Å². The molecule has 0 spiro atoms. The van der Waals surface area contributed by atoms with Crippen LogP contribution in [0.3, 0.4) is 0 Å². The molecule has 0 saturated heterocycles. The van der Waals surface area contributed by atoms with Crippen molar-refractivity contribution in [1.29, 1.82) is 0 Å². The van der Waals surface area contributed by atoms with Crippen LogP contribution in [0.5, 0.6) is 5.75 Å². The van der Waals surface area contributed by atoms with Crippen LogP contribution in [-0.2, 0) is 6.54 Å². The number of hydrogen-bond donors (Lipinski definition) is 3. The summed E-state index contributed by atoms with van der Waals surface area (Å²) in [6, 6.07) is 4.87. The molecule has 0 heterocycles. The Bertz CT molecular complexity index is 574. The molecule has 0 radical (unpaired) electrons. The van der Waals surface area contributed by atoms with Gasteiger partial charge in [-0.3, -0.25) is 0 Å². The molecule has 3 N–H and O–H groups in total. The summed E-state index contributed by atoms with van der Waals surface area (Å²) in [6.07, 6.45) is 4.53. The summed E-state index contributed by atoms with van der Waals surface area (Å²) in [4.78, 5) is 23.2. The highest BCUT2D eigenvalue weighted by molar-refractivity contribution is 5.91. The van der Waals surface area contributed by atoms with Crippen molar-refractivity contribution in [1.82, 2.24) is 10.6 Å². The number of carbonyl (C=O) groups is 2. The van der Waals surface area contributed by atoms with E-state index in [4.69, 9.17) is 9.84 Å². The van der Waals surface area contributed by atoms with Crippen LogP contribution in [0.1, 0.15) is 48.5 Å². The summed E-state index contributed by atoms with van der Waals surface area (Å²) in [5, 5.41) is 15.0. The van der Waals surface area contributed by atoms with Crippen molar-refractivity contribution in [3.05, 3.63) is 29.3 Å². The number of hydrogen-bond acceptors (Lipinski definition) is 3. The van der Waals surface area contributed by atoms with Gasteiger partial charge >= 0.3 is 12.0 Å². The molecule has 1 aromatic carbocycles. The van der Waals surface area contributed by atoms with Crippen LogP contribution in [0.2, 0.25) is 0 Å². The van der Waals surface area contributed by atoms with Crippen molar-refractivity contribution < 1.29 is 19.4 Å². The van der Waals surface area contributed by atoms with Gasteiger partial charge < -0.3 is 20.5 Å². The summed E-state index contributed by atoms with van der Waals surface area (Å²) >= 11 is 0. The highest BCUT2D eigenvalue weighted by Gasteiger charge is 2.22. The molecule has 6 heteroatoms. The van der Waals surface area contributed by atoms with E-state index in [9.17, 15) is 9.59 Å². The minimum Gasteiger partial charge on any atom is -0.496 e. The summed E-state index contributed by atoms with van der Waals surface area (Å²) in [7, 11) is 1.43.